The van der Waals surface area contributed by atoms with E-state index in [-0.39, 0.29) is 16.8 Å². The number of anilines is 2. The zero-order valence-electron chi connectivity index (χ0n) is 16.6. The molecule has 2 aromatic carbocycles. The van der Waals surface area contributed by atoms with Gasteiger partial charge in [0.15, 0.2) is 5.82 Å². The molecular formula is C23H22ClFN4O. The van der Waals surface area contributed by atoms with Gasteiger partial charge in [-0.2, -0.15) is 0 Å². The van der Waals surface area contributed by atoms with E-state index >= 15 is 0 Å². The van der Waals surface area contributed by atoms with Crippen LogP contribution in [0.4, 0.5) is 15.9 Å². The highest BCUT2D eigenvalue weighted by atomic mass is 35.5. The minimum atomic E-state index is -0.508. The Labute approximate surface area is 179 Å². The third-order valence-electron chi connectivity index (χ3n) is 5.30. The second-order valence-electron chi connectivity index (χ2n) is 7.55. The average molecular weight is 425 g/mol. The van der Waals surface area contributed by atoms with Crippen LogP contribution in [0.5, 0.6) is 0 Å². The second kappa shape index (κ2) is 8.79. The largest absolute Gasteiger partial charge is 0.354 e. The Morgan fingerprint density at radius 2 is 1.93 bits per heavy atom. The molecule has 1 amide bonds. The summed E-state index contributed by atoms with van der Waals surface area (Å²) in [7, 11) is 0. The van der Waals surface area contributed by atoms with Gasteiger partial charge in [-0.15, -0.1) is 10.2 Å². The van der Waals surface area contributed by atoms with E-state index in [2.05, 4.69) is 20.4 Å². The summed E-state index contributed by atoms with van der Waals surface area (Å²) in [5, 5.41) is 11.6. The summed E-state index contributed by atoms with van der Waals surface area (Å²) >= 11 is 5.80. The molecule has 1 aliphatic heterocycles. The Morgan fingerprint density at radius 1 is 1.13 bits per heavy atom. The van der Waals surface area contributed by atoms with Crippen molar-refractivity contribution in [1.82, 2.24) is 10.2 Å². The number of amides is 1. The van der Waals surface area contributed by atoms with Gasteiger partial charge in [-0.1, -0.05) is 41.4 Å². The highest BCUT2D eigenvalue weighted by Crippen LogP contribution is 2.25. The number of nitrogens with one attached hydrogen (secondary N) is 1. The van der Waals surface area contributed by atoms with E-state index in [0.717, 1.165) is 36.5 Å². The summed E-state index contributed by atoms with van der Waals surface area (Å²) in [6.45, 7) is 3.43. The van der Waals surface area contributed by atoms with Gasteiger partial charge in [-0.25, -0.2) is 4.39 Å². The van der Waals surface area contributed by atoms with Crippen LogP contribution in [0.25, 0.3) is 11.3 Å². The van der Waals surface area contributed by atoms with Crippen LogP contribution in [0.2, 0.25) is 5.02 Å². The summed E-state index contributed by atoms with van der Waals surface area (Å²) in [4.78, 5) is 14.8. The molecule has 0 aliphatic carbocycles. The molecule has 1 saturated heterocycles. The predicted molar refractivity (Wildman–Crippen MR) is 117 cm³/mol. The number of hydrogen-bond donors (Lipinski definition) is 1. The fourth-order valence-corrected chi connectivity index (χ4v) is 3.77. The van der Waals surface area contributed by atoms with Crippen molar-refractivity contribution in [1.29, 1.82) is 0 Å². The van der Waals surface area contributed by atoms with Gasteiger partial charge in [-0.3, -0.25) is 4.79 Å². The average Bonchev–Trinajstić information content (AvgIpc) is 2.77. The molecule has 3 aromatic rings. The highest BCUT2D eigenvalue weighted by molar-refractivity contribution is 6.31. The van der Waals surface area contributed by atoms with Crippen molar-refractivity contribution in [3.63, 3.8) is 0 Å². The molecule has 5 nitrogen and oxygen atoms in total. The summed E-state index contributed by atoms with van der Waals surface area (Å²) in [5.74, 6) is -0.0490. The lowest BCUT2D eigenvalue weighted by Gasteiger charge is -2.32. The highest BCUT2D eigenvalue weighted by Gasteiger charge is 2.27. The Kier molecular flexibility index (Phi) is 5.95. The summed E-state index contributed by atoms with van der Waals surface area (Å²) in [6.07, 6.45) is 1.66. The number of piperidine rings is 1. The van der Waals surface area contributed by atoms with Crippen molar-refractivity contribution in [2.45, 2.75) is 19.8 Å². The molecule has 1 atom stereocenters. The topological polar surface area (TPSA) is 58.1 Å². The molecule has 154 valence electrons. The zero-order chi connectivity index (χ0) is 21.1. The first kappa shape index (κ1) is 20.3. The number of nitrogens with zero attached hydrogens (tertiary/aromatic N) is 3. The molecular weight excluding hydrogens is 403 g/mol. The Balaban J connectivity index is 1.42. The number of carbonyl (C=O) groups is 1. The van der Waals surface area contributed by atoms with Crippen molar-refractivity contribution < 1.29 is 9.18 Å². The van der Waals surface area contributed by atoms with Crippen molar-refractivity contribution >= 4 is 29.0 Å². The maximum atomic E-state index is 13.3. The molecule has 1 unspecified atom stereocenters. The first-order chi connectivity index (χ1) is 14.5. The number of carbonyl (C=O) groups excluding carboxylic acids is 1. The number of aromatic nitrogens is 2. The van der Waals surface area contributed by atoms with Gasteiger partial charge in [0.25, 0.3) is 0 Å². The van der Waals surface area contributed by atoms with E-state index < -0.39 is 5.82 Å². The van der Waals surface area contributed by atoms with E-state index in [1.165, 1.54) is 23.8 Å². The fourth-order valence-electron chi connectivity index (χ4n) is 3.59. The number of hydrogen-bond acceptors (Lipinski definition) is 4. The third-order valence-corrected chi connectivity index (χ3v) is 5.59. The van der Waals surface area contributed by atoms with Crippen LogP contribution in [0.1, 0.15) is 18.4 Å². The quantitative estimate of drug-likeness (QED) is 0.633. The van der Waals surface area contributed by atoms with Crippen molar-refractivity contribution in [3.05, 3.63) is 71.0 Å². The maximum Gasteiger partial charge on any atom is 0.229 e. The van der Waals surface area contributed by atoms with E-state index in [1.54, 1.807) is 0 Å². The molecule has 0 saturated carbocycles. The van der Waals surface area contributed by atoms with Crippen LogP contribution >= 0.6 is 11.6 Å². The Morgan fingerprint density at radius 3 is 2.63 bits per heavy atom. The van der Waals surface area contributed by atoms with Gasteiger partial charge in [0.05, 0.1) is 16.6 Å². The number of benzene rings is 2. The first-order valence-electron chi connectivity index (χ1n) is 9.91. The van der Waals surface area contributed by atoms with E-state index in [1.807, 2.05) is 43.3 Å². The standard InChI is InChI=1S/C23H22ClFN4O/c1-15-4-6-16(7-5-15)21-10-11-22(28-27-21)29-12-2-3-17(14-29)23(30)26-18-8-9-20(25)19(24)13-18/h4-11,13,17H,2-3,12,14H2,1H3,(H,26,30). The number of rotatable bonds is 4. The third kappa shape index (κ3) is 4.60. The summed E-state index contributed by atoms with van der Waals surface area (Å²) in [6, 6.07) is 16.2. The molecule has 1 N–H and O–H groups in total. The molecule has 1 aliphatic rings. The van der Waals surface area contributed by atoms with E-state index in [0.29, 0.717) is 12.2 Å². The molecule has 0 spiro atoms. The van der Waals surface area contributed by atoms with Crippen LogP contribution in [-0.2, 0) is 4.79 Å². The molecule has 30 heavy (non-hydrogen) atoms. The Bertz CT molecular complexity index is 1040. The van der Waals surface area contributed by atoms with Gasteiger partial charge in [0.2, 0.25) is 5.91 Å². The minimum absolute atomic E-state index is 0.0120. The summed E-state index contributed by atoms with van der Waals surface area (Å²) in [5.41, 5.74) is 3.53. The van der Waals surface area contributed by atoms with E-state index in [9.17, 15) is 9.18 Å². The lowest BCUT2D eigenvalue weighted by atomic mass is 9.97. The lowest BCUT2D eigenvalue weighted by Crippen LogP contribution is -2.41. The van der Waals surface area contributed by atoms with Gasteiger partial charge < -0.3 is 10.2 Å². The number of halogens is 2. The molecule has 2 heterocycles. The van der Waals surface area contributed by atoms with Crippen molar-refractivity contribution in [2.75, 3.05) is 23.3 Å². The van der Waals surface area contributed by atoms with Crippen LogP contribution in [0.3, 0.4) is 0 Å². The van der Waals surface area contributed by atoms with Crippen LogP contribution in [0, 0.1) is 18.7 Å². The molecule has 1 fully saturated rings. The minimum Gasteiger partial charge on any atom is -0.354 e. The molecule has 0 bridgehead atoms. The fraction of sp³-hybridized carbons (Fsp3) is 0.261. The van der Waals surface area contributed by atoms with E-state index in [4.69, 9.17) is 11.6 Å². The Hall–Kier alpha value is -2.99. The van der Waals surface area contributed by atoms with Gasteiger partial charge in [0.1, 0.15) is 5.82 Å². The predicted octanol–water partition coefficient (Wildman–Crippen LogP) is 5.10. The normalized spacial score (nSPS) is 16.4. The zero-order valence-corrected chi connectivity index (χ0v) is 17.4. The molecule has 7 heteroatoms. The number of aryl methyl sites for hydroxylation is 1. The van der Waals surface area contributed by atoms with Crippen LogP contribution in [-0.4, -0.2) is 29.2 Å². The molecule has 0 radical (unpaired) electrons. The van der Waals surface area contributed by atoms with Crippen LogP contribution in [0.15, 0.2) is 54.6 Å². The molecule has 1 aromatic heterocycles. The van der Waals surface area contributed by atoms with Gasteiger partial charge in [0, 0.05) is 24.3 Å². The van der Waals surface area contributed by atoms with Crippen molar-refractivity contribution in [2.24, 2.45) is 5.92 Å². The lowest BCUT2D eigenvalue weighted by molar-refractivity contribution is -0.120. The monoisotopic (exact) mass is 424 g/mol. The summed E-state index contributed by atoms with van der Waals surface area (Å²) < 4.78 is 13.3. The maximum absolute atomic E-state index is 13.3. The SMILES string of the molecule is Cc1ccc(-c2ccc(N3CCCC(C(=O)Nc4ccc(F)c(Cl)c4)C3)nn2)cc1. The van der Waals surface area contributed by atoms with Crippen molar-refractivity contribution in [3.8, 4) is 11.3 Å². The van der Waals surface area contributed by atoms with Gasteiger partial charge in [-0.05, 0) is 50.1 Å². The smallest absolute Gasteiger partial charge is 0.229 e. The first-order valence-corrected chi connectivity index (χ1v) is 10.3. The molecule has 4 rings (SSSR count). The van der Waals surface area contributed by atoms with Crippen LogP contribution < -0.4 is 10.2 Å². The van der Waals surface area contributed by atoms with Gasteiger partial charge >= 0.3 is 0 Å². The second-order valence-corrected chi connectivity index (χ2v) is 7.95.